The molecule has 0 saturated carbocycles. The molecule has 2 saturated heterocycles. The maximum absolute atomic E-state index is 12.1. The van der Waals surface area contributed by atoms with E-state index >= 15 is 0 Å². The van der Waals surface area contributed by atoms with Gasteiger partial charge in [-0.05, 0) is 19.3 Å². The Labute approximate surface area is 107 Å². The van der Waals surface area contributed by atoms with Gasteiger partial charge >= 0.3 is 0 Å². The third kappa shape index (κ3) is 3.21. The molecule has 6 nitrogen and oxygen atoms in total. The first-order valence-electron chi connectivity index (χ1n) is 6.32. The number of carbonyl (C=O) groups is 1. The second kappa shape index (κ2) is 5.54. The van der Waals surface area contributed by atoms with E-state index in [1.165, 1.54) is 0 Å². The number of hydrogen-bond acceptors (Lipinski definition) is 5. The first-order chi connectivity index (χ1) is 8.52. The van der Waals surface area contributed by atoms with E-state index in [0.29, 0.717) is 6.42 Å². The summed E-state index contributed by atoms with van der Waals surface area (Å²) in [5.41, 5.74) is 0. The molecule has 2 rings (SSSR count). The van der Waals surface area contributed by atoms with Gasteiger partial charge in [-0.15, -0.1) is 0 Å². The predicted octanol–water partition coefficient (Wildman–Crippen LogP) is 0.133. The van der Waals surface area contributed by atoms with E-state index in [1.54, 1.807) is 0 Å². The number of hydroxylamine groups is 2. The number of rotatable bonds is 2. The van der Waals surface area contributed by atoms with Crippen molar-refractivity contribution in [3.05, 3.63) is 0 Å². The summed E-state index contributed by atoms with van der Waals surface area (Å²) in [6.45, 7) is 2.16. The van der Waals surface area contributed by atoms with Crippen LogP contribution in [0.3, 0.4) is 0 Å². The summed E-state index contributed by atoms with van der Waals surface area (Å²) in [5, 5.41) is 1.16. The lowest BCUT2D eigenvalue weighted by atomic mass is 10.1. The Morgan fingerprint density at radius 3 is 2.78 bits per heavy atom. The van der Waals surface area contributed by atoms with E-state index in [4.69, 9.17) is 9.57 Å². The molecular formula is C11H19NO5S. The van der Waals surface area contributed by atoms with Crippen LogP contribution in [-0.4, -0.2) is 56.3 Å². The lowest BCUT2D eigenvalue weighted by Gasteiger charge is -2.22. The molecule has 2 aliphatic rings. The lowest BCUT2D eigenvalue weighted by molar-refractivity contribution is -0.192. The Morgan fingerprint density at radius 1 is 1.33 bits per heavy atom. The van der Waals surface area contributed by atoms with E-state index < -0.39 is 15.9 Å². The molecule has 7 heteroatoms. The van der Waals surface area contributed by atoms with Crippen LogP contribution < -0.4 is 0 Å². The lowest BCUT2D eigenvalue weighted by Crippen LogP contribution is -2.40. The molecule has 104 valence electrons. The average molecular weight is 277 g/mol. The van der Waals surface area contributed by atoms with Crippen LogP contribution in [0.25, 0.3) is 0 Å². The van der Waals surface area contributed by atoms with Crippen molar-refractivity contribution in [1.29, 1.82) is 0 Å². The molecule has 2 aliphatic heterocycles. The molecule has 0 aliphatic carbocycles. The van der Waals surface area contributed by atoms with Crippen molar-refractivity contribution in [1.82, 2.24) is 5.06 Å². The number of carbonyl (C=O) groups excluding carboxylic acids is 1. The second-order valence-corrected chi connectivity index (χ2v) is 6.96. The Kier molecular flexibility index (Phi) is 4.24. The average Bonchev–Trinajstić information content (AvgIpc) is 2.74. The zero-order valence-electron chi connectivity index (χ0n) is 10.5. The molecule has 0 radical (unpaired) electrons. The zero-order valence-corrected chi connectivity index (χ0v) is 11.3. The van der Waals surface area contributed by atoms with Crippen LogP contribution in [0, 0.1) is 0 Å². The van der Waals surface area contributed by atoms with Crippen LogP contribution in [0.5, 0.6) is 0 Å². The highest BCUT2D eigenvalue weighted by Crippen LogP contribution is 2.23. The minimum atomic E-state index is -3.08. The van der Waals surface area contributed by atoms with Gasteiger partial charge in [-0.25, -0.2) is 13.5 Å². The molecule has 0 bridgehead atoms. The minimum absolute atomic E-state index is 0.0279. The van der Waals surface area contributed by atoms with E-state index in [-0.39, 0.29) is 36.7 Å². The summed E-state index contributed by atoms with van der Waals surface area (Å²) < 4.78 is 28.4. The van der Waals surface area contributed by atoms with Crippen molar-refractivity contribution >= 4 is 15.7 Å². The van der Waals surface area contributed by atoms with Gasteiger partial charge in [-0.3, -0.25) is 9.63 Å². The monoisotopic (exact) mass is 277 g/mol. The smallest absolute Gasteiger partial charge is 0.275 e. The van der Waals surface area contributed by atoms with Crippen molar-refractivity contribution in [3.63, 3.8) is 0 Å². The van der Waals surface area contributed by atoms with Crippen molar-refractivity contribution in [2.45, 2.75) is 38.4 Å². The molecule has 2 heterocycles. The maximum atomic E-state index is 12.1. The first-order valence-corrected chi connectivity index (χ1v) is 8.14. The molecule has 1 amide bonds. The normalized spacial score (nSPS) is 32.2. The molecule has 0 spiro atoms. The summed E-state index contributed by atoms with van der Waals surface area (Å²) >= 11 is 0. The fourth-order valence-electron chi connectivity index (χ4n) is 2.19. The van der Waals surface area contributed by atoms with Crippen LogP contribution in [0.2, 0.25) is 0 Å². The number of sulfone groups is 1. The third-order valence-electron chi connectivity index (χ3n) is 3.33. The summed E-state index contributed by atoms with van der Waals surface area (Å²) in [6.07, 6.45) is 2.10. The van der Waals surface area contributed by atoms with Gasteiger partial charge in [-0.2, -0.15) is 0 Å². The molecule has 2 unspecified atom stereocenters. The van der Waals surface area contributed by atoms with Crippen LogP contribution in [0.15, 0.2) is 0 Å². The van der Waals surface area contributed by atoms with Gasteiger partial charge in [0.1, 0.15) is 6.10 Å². The number of hydrogen-bond donors (Lipinski definition) is 0. The maximum Gasteiger partial charge on any atom is 0.275 e. The molecule has 0 N–H and O–H groups in total. The topological polar surface area (TPSA) is 72.9 Å². The Morgan fingerprint density at radius 2 is 2.11 bits per heavy atom. The molecule has 2 fully saturated rings. The SMILES string of the molecule is CCC1CCC(C(=O)N2CCS(=O)(=O)CCO2)O1. The van der Waals surface area contributed by atoms with Gasteiger partial charge in [0.05, 0.1) is 30.8 Å². The molecule has 0 aromatic heterocycles. The minimum Gasteiger partial charge on any atom is -0.365 e. The van der Waals surface area contributed by atoms with Gasteiger partial charge in [0.2, 0.25) is 0 Å². The van der Waals surface area contributed by atoms with Crippen molar-refractivity contribution < 1.29 is 22.8 Å². The zero-order chi connectivity index (χ0) is 13.2. The first kappa shape index (κ1) is 13.8. The Bertz CT molecular complexity index is 408. The van der Waals surface area contributed by atoms with Gasteiger partial charge in [0.25, 0.3) is 5.91 Å². The highest BCUT2D eigenvalue weighted by Gasteiger charge is 2.34. The molecule has 0 aromatic rings. The number of amides is 1. The second-order valence-electron chi connectivity index (χ2n) is 4.66. The number of nitrogens with zero attached hydrogens (tertiary/aromatic N) is 1. The van der Waals surface area contributed by atoms with Gasteiger partial charge < -0.3 is 4.74 Å². The van der Waals surface area contributed by atoms with Gasteiger partial charge in [0.15, 0.2) is 9.84 Å². The van der Waals surface area contributed by atoms with Crippen LogP contribution >= 0.6 is 0 Å². The molecule has 18 heavy (non-hydrogen) atoms. The van der Waals surface area contributed by atoms with Crippen molar-refractivity contribution in [2.75, 3.05) is 24.7 Å². The van der Waals surface area contributed by atoms with Crippen LogP contribution in [-0.2, 0) is 24.2 Å². The largest absolute Gasteiger partial charge is 0.365 e. The predicted molar refractivity (Wildman–Crippen MR) is 64.5 cm³/mol. The van der Waals surface area contributed by atoms with E-state index in [0.717, 1.165) is 17.9 Å². The van der Waals surface area contributed by atoms with Gasteiger partial charge in [0, 0.05) is 0 Å². The highest BCUT2D eigenvalue weighted by atomic mass is 32.2. The van der Waals surface area contributed by atoms with Crippen molar-refractivity contribution in [2.24, 2.45) is 0 Å². The van der Waals surface area contributed by atoms with E-state index in [9.17, 15) is 13.2 Å². The molecule has 2 atom stereocenters. The fourth-order valence-corrected chi connectivity index (χ4v) is 3.16. The van der Waals surface area contributed by atoms with Crippen molar-refractivity contribution in [3.8, 4) is 0 Å². The van der Waals surface area contributed by atoms with E-state index in [2.05, 4.69) is 0 Å². The quantitative estimate of drug-likeness (QED) is 0.717. The molecule has 0 aromatic carbocycles. The van der Waals surface area contributed by atoms with Crippen LogP contribution in [0.1, 0.15) is 26.2 Å². The summed E-state index contributed by atoms with van der Waals surface area (Å²) in [4.78, 5) is 17.3. The van der Waals surface area contributed by atoms with Crippen LogP contribution in [0.4, 0.5) is 0 Å². The standard InChI is InChI=1S/C11H19NO5S/c1-2-9-3-4-10(17-9)11(13)12-5-7-18(14,15)8-6-16-12/h9-10H,2-8H2,1H3. The Balaban J connectivity index is 1.93. The number of ether oxygens (including phenoxy) is 1. The highest BCUT2D eigenvalue weighted by molar-refractivity contribution is 7.91. The summed E-state index contributed by atoms with van der Waals surface area (Å²) in [5.74, 6) is -0.314. The van der Waals surface area contributed by atoms with Gasteiger partial charge in [-0.1, -0.05) is 6.92 Å². The fraction of sp³-hybridized carbons (Fsp3) is 0.909. The molecular weight excluding hydrogens is 258 g/mol. The third-order valence-corrected chi connectivity index (χ3v) is 4.92. The summed E-state index contributed by atoms with van der Waals surface area (Å²) in [6, 6.07) is 0. The summed E-state index contributed by atoms with van der Waals surface area (Å²) in [7, 11) is -3.08. The Hall–Kier alpha value is -0.660. The van der Waals surface area contributed by atoms with E-state index in [1.807, 2.05) is 6.92 Å².